The zero-order chi connectivity index (χ0) is 15.1. The minimum atomic E-state index is 0.759. The summed E-state index contributed by atoms with van der Waals surface area (Å²) in [6, 6.07) is 2.00. The van der Waals surface area contributed by atoms with Gasteiger partial charge in [-0.25, -0.2) is 9.97 Å². The molecule has 0 aliphatic heterocycles. The van der Waals surface area contributed by atoms with Crippen LogP contribution in [0.1, 0.15) is 37.7 Å². The van der Waals surface area contributed by atoms with Gasteiger partial charge < -0.3 is 10.1 Å². The summed E-state index contributed by atoms with van der Waals surface area (Å²) >= 11 is 0. The highest BCUT2D eigenvalue weighted by Crippen LogP contribution is 2.28. The first-order valence-corrected chi connectivity index (χ1v) is 8.02. The van der Waals surface area contributed by atoms with E-state index in [0.29, 0.717) is 0 Å². The SMILES string of the molecule is CCCNc1cc(C)nc(CN(C)CCOCC2CC2)n1. The lowest BCUT2D eigenvalue weighted by Gasteiger charge is -2.16. The van der Waals surface area contributed by atoms with Crippen molar-refractivity contribution in [3.8, 4) is 0 Å². The largest absolute Gasteiger partial charge is 0.380 e. The molecular weight excluding hydrogens is 264 g/mol. The summed E-state index contributed by atoms with van der Waals surface area (Å²) in [5.74, 6) is 2.64. The molecule has 0 amide bonds. The van der Waals surface area contributed by atoms with Crippen molar-refractivity contribution in [1.29, 1.82) is 0 Å². The molecule has 1 fully saturated rings. The smallest absolute Gasteiger partial charge is 0.144 e. The molecule has 0 unspecified atom stereocenters. The van der Waals surface area contributed by atoms with Crippen LogP contribution in [0.25, 0.3) is 0 Å². The van der Waals surface area contributed by atoms with Gasteiger partial charge in [0, 0.05) is 31.5 Å². The molecule has 118 valence electrons. The van der Waals surface area contributed by atoms with Gasteiger partial charge in [-0.1, -0.05) is 6.92 Å². The summed E-state index contributed by atoms with van der Waals surface area (Å²) in [4.78, 5) is 11.3. The maximum absolute atomic E-state index is 5.67. The molecular formula is C16H28N4O. The van der Waals surface area contributed by atoms with Gasteiger partial charge in [-0.05, 0) is 39.2 Å². The molecule has 1 saturated carbocycles. The van der Waals surface area contributed by atoms with Gasteiger partial charge in [0.1, 0.15) is 11.6 Å². The molecule has 2 rings (SSSR count). The van der Waals surface area contributed by atoms with E-state index in [2.05, 4.69) is 34.2 Å². The highest BCUT2D eigenvalue weighted by atomic mass is 16.5. The first kappa shape index (κ1) is 16.2. The summed E-state index contributed by atoms with van der Waals surface area (Å²) in [6.45, 7) is 8.51. The fraction of sp³-hybridized carbons (Fsp3) is 0.750. The van der Waals surface area contributed by atoms with Crippen LogP contribution in [0.4, 0.5) is 5.82 Å². The van der Waals surface area contributed by atoms with Crippen LogP contribution >= 0.6 is 0 Å². The lowest BCUT2D eigenvalue weighted by molar-refractivity contribution is 0.101. The number of hydrogen-bond acceptors (Lipinski definition) is 5. The number of nitrogens with one attached hydrogen (secondary N) is 1. The molecule has 1 aliphatic rings. The highest BCUT2D eigenvalue weighted by Gasteiger charge is 2.20. The van der Waals surface area contributed by atoms with Crippen LogP contribution in [0.2, 0.25) is 0 Å². The first-order valence-electron chi connectivity index (χ1n) is 8.02. The molecule has 1 aliphatic carbocycles. The number of ether oxygens (including phenoxy) is 1. The molecule has 5 nitrogen and oxygen atoms in total. The Morgan fingerprint density at radius 3 is 2.90 bits per heavy atom. The van der Waals surface area contributed by atoms with Crippen molar-refractivity contribution < 1.29 is 4.74 Å². The number of likely N-dealkylation sites (N-methyl/N-ethyl adjacent to an activating group) is 1. The second-order valence-corrected chi connectivity index (χ2v) is 5.99. The Labute approximate surface area is 128 Å². The third-order valence-electron chi connectivity index (χ3n) is 3.54. The normalized spacial score (nSPS) is 14.7. The number of anilines is 1. The van der Waals surface area contributed by atoms with Crippen LogP contribution in [0.15, 0.2) is 6.07 Å². The Morgan fingerprint density at radius 1 is 1.38 bits per heavy atom. The Morgan fingerprint density at radius 2 is 2.19 bits per heavy atom. The standard InChI is InChI=1S/C16H28N4O/c1-4-7-17-15-10-13(2)18-16(19-15)11-20(3)8-9-21-12-14-5-6-14/h10,14H,4-9,11-12H2,1-3H3,(H,17,18,19). The third-order valence-corrected chi connectivity index (χ3v) is 3.54. The fourth-order valence-corrected chi connectivity index (χ4v) is 2.12. The van der Waals surface area contributed by atoms with E-state index in [1.165, 1.54) is 12.8 Å². The van der Waals surface area contributed by atoms with E-state index < -0.39 is 0 Å². The zero-order valence-electron chi connectivity index (χ0n) is 13.6. The molecule has 0 radical (unpaired) electrons. The summed E-state index contributed by atoms with van der Waals surface area (Å²) in [5.41, 5.74) is 1.01. The maximum Gasteiger partial charge on any atom is 0.144 e. The van der Waals surface area contributed by atoms with Crippen molar-refractivity contribution in [2.24, 2.45) is 5.92 Å². The van der Waals surface area contributed by atoms with E-state index in [-0.39, 0.29) is 0 Å². The van der Waals surface area contributed by atoms with Crippen molar-refractivity contribution >= 4 is 5.82 Å². The van der Waals surface area contributed by atoms with Gasteiger partial charge >= 0.3 is 0 Å². The quantitative estimate of drug-likeness (QED) is 0.671. The van der Waals surface area contributed by atoms with E-state index in [1.54, 1.807) is 0 Å². The monoisotopic (exact) mass is 292 g/mol. The Balaban J connectivity index is 1.75. The van der Waals surface area contributed by atoms with Gasteiger partial charge in [0.25, 0.3) is 0 Å². The minimum absolute atomic E-state index is 0.759. The van der Waals surface area contributed by atoms with Crippen molar-refractivity contribution in [1.82, 2.24) is 14.9 Å². The van der Waals surface area contributed by atoms with Gasteiger partial charge in [0.2, 0.25) is 0 Å². The lowest BCUT2D eigenvalue weighted by Crippen LogP contribution is -2.24. The predicted molar refractivity (Wildman–Crippen MR) is 85.4 cm³/mol. The second kappa shape index (κ2) is 8.29. The molecule has 0 atom stereocenters. The number of aryl methyl sites for hydroxylation is 1. The topological polar surface area (TPSA) is 50.3 Å². The van der Waals surface area contributed by atoms with Crippen LogP contribution in [-0.4, -0.2) is 48.2 Å². The second-order valence-electron chi connectivity index (χ2n) is 5.99. The van der Waals surface area contributed by atoms with Gasteiger partial charge in [-0.2, -0.15) is 0 Å². The lowest BCUT2D eigenvalue weighted by atomic mass is 10.3. The average molecular weight is 292 g/mol. The molecule has 0 aromatic carbocycles. The fourth-order valence-electron chi connectivity index (χ4n) is 2.12. The summed E-state index contributed by atoms with van der Waals surface area (Å²) in [6.07, 6.45) is 3.79. The van der Waals surface area contributed by atoms with Crippen LogP contribution in [0.5, 0.6) is 0 Å². The van der Waals surface area contributed by atoms with Crippen LogP contribution in [0, 0.1) is 12.8 Å². The maximum atomic E-state index is 5.67. The van der Waals surface area contributed by atoms with E-state index in [0.717, 1.165) is 62.5 Å². The zero-order valence-corrected chi connectivity index (χ0v) is 13.6. The average Bonchev–Trinajstić information content (AvgIpc) is 3.25. The highest BCUT2D eigenvalue weighted by molar-refractivity contribution is 5.35. The molecule has 5 heteroatoms. The van der Waals surface area contributed by atoms with E-state index >= 15 is 0 Å². The number of nitrogens with zero attached hydrogens (tertiary/aromatic N) is 3. The van der Waals surface area contributed by atoms with Gasteiger partial charge in [-0.15, -0.1) is 0 Å². The summed E-state index contributed by atoms with van der Waals surface area (Å²) < 4.78 is 5.67. The molecule has 0 bridgehead atoms. The Bertz CT molecular complexity index is 434. The molecule has 1 N–H and O–H groups in total. The molecule has 21 heavy (non-hydrogen) atoms. The van der Waals surface area contributed by atoms with Crippen molar-refractivity contribution in [2.75, 3.05) is 38.7 Å². The van der Waals surface area contributed by atoms with Crippen molar-refractivity contribution in [3.63, 3.8) is 0 Å². The minimum Gasteiger partial charge on any atom is -0.380 e. The van der Waals surface area contributed by atoms with Crippen LogP contribution in [0.3, 0.4) is 0 Å². The van der Waals surface area contributed by atoms with Gasteiger partial charge in [0.05, 0.1) is 13.2 Å². The molecule has 0 spiro atoms. The van der Waals surface area contributed by atoms with E-state index in [1.807, 2.05) is 13.0 Å². The summed E-state index contributed by atoms with van der Waals surface area (Å²) in [7, 11) is 2.09. The molecule has 1 aromatic heterocycles. The Kier molecular flexibility index (Phi) is 6.39. The molecule has 0 saturated heterocycles. The van der Waals surface area contributed by atoms with Crippen LogP contribution in [-0.2, 0) is 11.3 Å². The molecule has 1 heterocycles. The number of rotatable bonds is 10. The first-order chi connectivity index (χ1) is 10.2. The van der Waals surface area contributed by atoms with E-state index in [4.69, 9.17) is 4.74 Å². The summed E-state index contributed by atoms with van der Waals surface area (Å²) in [5, 5.41) is 3.33. The van der Waals surface area contributed by atoms with E-state index in [9.17, 15) is 0 Å². The van der Waals surface area contributed by atoms with Crippen molar-refractivity contribution in [3.05, 3.63) is 17.6 Å². The number of aromatic nitrogens is 2. The third kappa shape index (κ3) is 6.40. The Hall–Kier alpha value is -1.20. The van der Waals surface area contributed by atoms with Crippen LogP contribution < -0.4 is 5.32 Å². The number of hydrogen-bond donors (Lipinski definition) is 1. The van der Waals surface area contributed by atoms with Crippen molar-refractivity contribution in [2.45, 2.75) is 39.7 Å². The van der Waals surface area contributed by atoms with Gasteiger partial charge in [0.15, 0.2) is 0 Å². The van der Waals surface area contributed by atoms with Gasteiger partial charge in [-0.3, -0.25) is 4.90 Å². The molecule has 1 aromatic rings. The predicted octanol–water partition coefficient (Wildman–Crippen LogP) is 2.47.